The van der Waals surface area contributed by atoms with Crippen molar-refractivity contribution >= 4 is 16.9 Å². The fourth-order valence-corrected chi connectivity index (χ4v) is 2.74. The summed E-state index contributed by atoms with van der Waals surface area (Å²) in [5.41, 5.74) is 0.828. The maximum Gasteiger partial charge on any atom is 0.240 e. The molecule has 0 bridgehead atoms. The van der Waals surface area contributed by atoms with Gasteiger partial charge in [-0.3, -0.25) is 4.79 Å². The molecule has 3 atom stereocenters. The largest absolute Gasteiger partial charge is 0.459 e. The zero-order chi connectivity index (χ0) is 15.0. The Morgan fingerprint density at radius 2 is 2.24 bits per heavy atom. The summed E-state index contributed by atoms with van der Waals surface area (Å²) in [7, 11) is 1.77. The van der Waals surface area contributed by atoms with E-state index in [0.29, 0.717) is 13.0 Å². The monoisotopic (exact) mass is 288 g/mol. The maximum atomic E-state index is 12.4. The highest BCUT2D eigenvalue weighted by Crippen LogP contribution is 2.27. The van der Waals surface area contributed by atoms with Gasteiger partial charge < -0.3 is 19.7 Å². The summed E-state index contributed by atoms with van der Waals surface area (Å²) in [6, 6.07) is 9.32. The number of benzene rings is 1. The number of nitrogens with zero attached hydrogens (tertiary/aromatic N) is 1. The molecule has 3 unspecified atom stereocenters. The number of carbonyl (C=O) groups excluding carboxylic acids is 1. The normalized spacial score (nSPS) is 23.4. The van der Waals surface area contributed by atoms with Crippen molar-refractivity contribution in [1.29, 1.82) is 0 Å². The van der Waals surface area contributed by atoms with Crippen LogP contribution in [0, 0.1) is 0 Å². The second kappa shape index (κ2) is 5.50. The number of furan rings is 1. The molecule has 1 aromatic heterocycles. The molecule has 112 valence electrons. The molecule has 2 aromatic rings. The first-order chi connectivity index (χ1) is 10.1. The summed E-state index contributed by atoms with van der Waals surface area (Å²) in [6.07, 6.45) is 0.0320. The average Bonchev–Trinajstić information content (AvgIpc) is 3.10. The quantitative estimate of drug-likeness (QED) is 0.902. The van der Waals surface area contributed by atoms with Crippen LogP contribution < -0.4 is 5.32 Å². The molecule has 0 aliphatic carbocycles. The highest BCUT2D eigenvalue weighted by atomic mass is 16.3. The first-order valence-corrected chi connectivity index (χ1v) is 7.23. The van der Waals surface area contributed by atoms with Crippen LogP contribution in [0.1, 0.15) is 25.1 Å². The Labute approximate surface area is 123 Å². The molecule has 1 aliphatic heterocycles. The number of amides is 1. The predicted octanol–water partition coefficient (Wildman–Crippen LogP) is 1.67. The van der Waals surface area contributed by atoms with Crippen molar-refractivity contribution in [2.45, 2.75) is 31.5 Å². The van der Waals surface area contributed by atoms with Crippen LogP contribution in [0.3, 0.4) is 0 Å². The Bertz CT molecular complexity index is 619. The highest BCUT2D eigenvalue weighted by Gasteiger charge is 2.32. The number of likely N-dealkylation sites (N-methyl/N-ethyl adjacent to an activating group) is 1. The predicted molar refractivity (Wildman–Crippen MR) is 79.8 cm³/mol. The van der Waals surface area contributed by atoms with Crippen LogP contribution in [0.4, 0.5) is 0 Å². The van der Waals surface area contributed by atoms with Crippen molar-refractivity contribution < 1.29 is 14.3 Å². The number of fused-ring (bicyclic) bond motifs is 1. The smallest absolute Gasteiger partial charge is 0.240 e. The van der Waals surface area contributed by atoms with Gasteiger partial charge in [0.1, 0.15) is 11.3 Å². The lowest BCUT2D eigenvalue weighted by Crippen LogP contribution is -2.42. The van der Waals surface area contributed by atoms with E-state index in [9.17, 15) is 9.90 Å². The molecule has 1 aromatic carbocycles. The zero-order valence-corrected chi connectivity index (χ0v) is 12.2. The molecule has 5 nitrogen and oxygen atoms in total. The molecule has 3 rings (SSSR count). The number of hydrogen-bond donors (Lipinski definition) is 2. The Morgan fingerprint density at radius 3 is 2.90 bits per heavy atom. The van der Waals surface area contributed by atoms with Gasteiger partial charge in [0.2, 0.25) is 5.91 Å². The molecule has 5 heteroatoms. The summed E-state index contributed by atoms with van der Waals surface area (Å²) in [5, 5.41) is 13.6. The minimum Gasteiger partial charge on any atom is -0.459 e. The lowest BCUT2D eigenvalue weighted by molar-refractivity contribution is -0.134. The van der Waals surface area contributed by atoms with E-state index >= 15 is 0 Å². The first kappa shape index (κ1) is 14.1. The molecule has 21 heavy (non-hydrogen) atoms. The van der Waals surface area contributed by atoms with Crippen molar-refractivity contribution in [3.05, 3.63) is 36.1 Å². The fraction of sp³-hybridized carbons (Fsp3) is 0.438. The molecular formula is C16H20N2O3. The molecule has 0 spiro atoms. The number of aliphatic hydroxyl groups excluding tert-OH is 1. The van der Waals surface area contributed by atoms with Gasteiger partial charge in [0.25, 0.3) is 0 Å². The molecule has 2 heterocycles. The molecule has 1 amide bonds. The van der Waals surface area contributed by atoms with E-state index in [4.69, 9.17) is 4.42 Å². The first-order valence-electron chi connectivity index (χ1n) is 7.23. The van der Waals surface area contributed by atoms with Crippen LogP contribution in [0.2, 0.25) is 0 Å². The summed E-state index contributed by atoms with van der Waals surface area (Å²) in [6.45, 7) is 2.42. The minimum atomic E-state index is -0.436. The average molecular weight is 288 g/mol. The number of hydrogen-bond acceptors (Lipinski definition) is 4. The lowest BCUT2D eigenvalue weighted by Gasteiger charge is -2.26. The van der Waals surface area contributed by atoms with Gasteiger partial charge in [-0.25, -0.2) is 0 Å². The van der Waals surface area contributed by atoms with Gasteiger partial charge in [0.05, 0.1) is 18.2 Å². The van der Waals surface area contributed by atoms with E-state index in [2.05, 4.69) is 5.32 Å². The Hall–Kier alpha value is -1.85. The summed E-state index contributed by atoms with van der Waals surface area (Å²) in [5.74, 6) is 0.755. The SMILES string of the molecule is CC(c1cc2ccccc2o1)N(C)C(=O)C1CC(O)CN1. The fourth-order valence-electron chi connectivity index (χ4n) is 2.74. The van der Waals surface area contributed by atoms with Gasteiger partial charge >= 0.3 is 0 Å². The molecular weight excluding hydrogens is 268 g/mol. The molecule has 0 radical (unpaired) electrons. The van der Waals surface area contributed by atoms with Gasteiger partial charge in [-0.15, -0.1) is 0 Å². The topological polar surface area (TPSA) is 65.7 Å². The van der Waals surface area contributed by atoms with Gasteiger partial charge in [-0.2, -0.15) is 0 Å². The Kier molecular flexibility index (Phi) is 3.69. The minimum absolute atomic E-state index is 0.0143. The third kappa shape index (κ3) is 2.66. The summed E-state index contributed by atoms with van der Waals surface area (Å²) < 4.78 is 5.82. The van der Waals surface area contributed by atoms with Gasteiger partial charge in [0, 0.05) is 19.0 Å². The highest BCUT2D eigenvalue weighted by molar-refractivity contribution is 5.83. The maximum absolute atomic E-state index is 12.4. The van der Waals surface area contributed by atoms with Gasteiger partial charge in [0.15, 0.2) is 0 Å². The lowest BCUT2D eigenvalue weighted by atomic mass is 10.1. The molecule has 1 aliphatic rings. The Morgan fingerprint density at radius 1 is 1.48 bits per heavy atom. The van der Waals surface area contributed by atoms with E-state index < -0.39 is 6.10 Å². The van der Waals surface area contributed by atoms with Crippen LogP contribution in [0.5, 0.6) is 0 Å². The standard InChI is InChI=1S/C16H20N2O3/c1-10(15-7-11-5-3-4-6-14(11)21-15)18(2)16(20)13-8-12(19)9-17-13/h3-7,10,12-13,17,19H,8-9H2,1-2H3. The zero-order valence-electron chi connectivity index (χ0n) is 12.2. The molecule has 2 N–H and O–H groups in total. The van der Waals surface area contributed by atoms with Crippen molar-refractivity contribution in [1.82, 2.24) is 10.2 Å². The molecule has 1 fully saturated rings. The van der Waals surface area contributed by atoms with Crippen LogP contribution in [-0.4, -0.2) is 41.7 Å². The third-order valence-electron chi connectivity index (χ3n) is 4.19. The second-order valence-electron chi connectivity index (χ2n) is 5.66. The number of rotatable bonds is 3. The molecule has 0 saturated carbocycles. The summed E-state index contributed by atoms with van der Waals surface area (Å²) in [4.78, 5) is 14.1. The van der Waals surface area contributed by atoms with Crippen molar-refractivity contribution in [3.63, 3.8) is 0 Å². The third-order valence-corrected chi connectivity index (χ3v) is 4.19. The summed E-state index contributed by atoms with van der Waals surface area (Å²) >= 11 is 0. The number of carbonyl (C=O) groups is 1. The second-order valence-corrected chi connectivity index (χ2v) is 5.66. The van der Waals surface area contributed by atoms with E-state index in [-0.39, 0.29) is 18.0 Å². The Balaban J connectivity index is 1.77. The van der Waals surface area contributed by atoms with Crippen molar-refractivity contribution in [2.24, 2.45) is 0 Å². The van der Waals surface area contributed by atoms with E-state index in [1.54, 1.807) is 11.9 Å². The number of para-hydroxylation sites is 1. The van der Waals surface area contributed by atoms with E-state index in [1.807, 2.05) is 37.3 Å². The van der Waals surface area contributed by atoms with Gasteiger partial charge in [-0.1, -0.05) is 18.2 Å². The van der Waals surface area contributed by atoms with Crippen LogP contribution in [0.15, 0.2) is 34.7 Å². The van der Waals surface area contributed by atoms with Gasteiger partial charge in [-0.05, 0) is 25.5 Å². The van der Waals surface area contributed by atoms with Crippen molar-refractivity contribution in [2.75, 3.05) is 13.6 Å². The van der Waals surface area contributed by atoms with E-state index in [1.165, 1.54) is 0 Å². The van der Waals surface area contributed by atoms with Crippen LogP contribution in [-0.2, 0) is 4.79 Å². The van der Waals surface area contributed by atoms with Crippen molar-refractivity contribution in [3.8, 4) is 0 Å². The van der Waals surface area contributed by atoms with Crippen LogP contribution >= 0.6 is 0 Å². The van der Waals surface area contributed by atoms with E-state index in [0.717, 1.165) is 16.7 Å². The number of aliphatic hydroxyl groups is 1. The molecule has 1 saturated heterocycles. The van der Waals surface area contributed by atoms with Crippen LogP contribution in [0.25, 0.3) is 11.0 Å². The number of nitrogens with one attached hydrogen (secondary N) is 1. The number of β-amino-alcohol motifs (C(OH)–C–C–N with tert-alkyl or cyclic N) is 1.